The number of aromatic nitrogens is 2. The third kappa shape index (κ3) is 5.26. The number of hydrogen-bond acceptors (Lipinski definition) is 2. The predicted molar refractivity (Wildman–Crippen MR) is 222 cm³/mol. The second-order valence-corrected chi connectivity index (χ2v) is 14.6. The van der Waals surface area contributed by atoms with Gasteiger partial charge in [0.05, 0.1) is 11.4 Å². The zero-order valence-electron chi connectivity index (χ0n) is 29.7. The van der Waals surface area contributed by atoms with Crippen molar-refractivity contribution in [3.63, 3.8) is 0 Å². The lowest BCUT2D eigenvalue weighted by atomic mass is 9.81. The largest absolute Gasteiger partial charge is 0.228 e. The standard InChI is InChI=1S/C51H36N2/c1-51(2)46-31-39(25-26-43(46)45-29-37-17-9-10-18-38(37)30-47(45)51)40-27-28-44(42-20-12-11-19-41(40)42)50-52-48(35-15-7-4-8-16-35)32-49(53-50)36-23-21-34(22-24-36)33-13-5-3-6-14-33/h3-32H,1-2H3. The SMILES string of the molecule is CC1(C)c2cc(-c3ccc(-c4nc(-c5ccccc5)cc(-c5ccc(-c6ccccc6)cc5)n4)c4ccccc34)ccc2-c2cc3ccccc3cc21. The van der Waals surface area contributed by atoms with E-state index < -0.39 is 0 Å². The molecule has 0 aliphatic heterocycles. The van der Waals surface area contributed by atoms with Crippen LogP contribution in [0.4, 0.5) is 0 Å². The van der Waals surface area contributed by atoms with E-state index in [1.54, 1.807) is 0 Å². The van der Waals surface area contributed by atoms with E-state index >= 15 is 0 Å². The Balaban J connectivity index is 1.10. The maximum Gasteiger partial charge on any atom is 0.161 e. The van der Waals surface area contributed by atoms with Gasteiger partial charge in [0.15, 0.2) is 5.82 Å². The van der Waals surface area contributed by atoms with Gasteiger partial charge in [-0.25, -0.2) is 9.97 Å². The van der Waals surface area contributed by atoms with E-state index in [1.807, 2.05) is 6.07 Å². The number of rotatable bonds is 5. The maximum atomic E-state index is 5.26. The maximum absolute atomic E-state index is 5.26. The van der Waals surface area contributed by atoms with Gasteiger partial charge in [-0.3, -0.25) is 0 Å². The Bertz CT molecular complexity index is 2830. The minimum atomic E-state index is -0.109. The number of hydrogen-bond donors (Lipinski definition) is 0. The molecule has 10 rings (SSSR count). The summed E-state index contributed by atoms with van der Waals surface area (Å²) in [6.45, 7) is 4.72. The molecule has 0 bridgehead atoms. The minimum absolute atomic E-state index is 0.109. The highest BCUT2D eigenvalue weighted by molar-refractivity contribution is 6.05. The van der Waals surface area contributed by atoms with Crippen molar-refractivity contribution in [2.45, 2.75) is 19.3 Å². The first-order chi connectivity index (χ1) is 26.0. The molecule has 0 N–H and O–H groups in total. The molecule has 9 aromatic rings. The molecule has 0 radical (unpaired) electrons. The Labute approximate surface area is 310 Å². The highest BCUT2D eigenvalue weighted by Gasteiger charge is 2.36. The number of fused-ring (bicyclic) bond motifs is 5. The Hall–Kier alpha value is -6.64. The molecule has 1 aromatic heterocycles. The molecule has 0 atom stereocenters. The summed E-state index contributed by atoms with van der Waals surface area (Å²) in [6.07, 6.45) is 0. The van der Waals surface area contributed by atoms with Crippen LogP contribution in [0.15, 0.2) is 182 Å². The van der Waals surface area contributed by atoms with Gasteiger partial charge in [0.2, 0.25) is 0 Å². The molecule has 0 spiro atoms. The van der Waals surface area contributed by atoms with E-state index in [4.69, 9.17) is 9.97 Å². The fraction of sp³-hybridized carbons (Fsp3) is 0.0588. The zero-order chi connectivity index (χ0) is 35.5. The highest BCUT2D eigenvalue weighted by atomic mass is 14.9. The molecule has 8 aromatic carbocycles. The van der Waals surface area contributed by atoms with Gasteiger partial charge in [-0.2, -0.15) is 0 Å². The first-order valence-electron chi connectivity index (χ1n) is 18.3. The topological polar surface area (TPSA) is 25.8 Å². The van der Waals surface area contributed by atoms with Crippen molar-refractivity contribution in [1.82, 2.24) is 9.97 Å². The monoisotopic (exact) mass is 676 g/mol. The Morgan fingerprint density at radius 1 is 0.340 bits per heavy atom. The summed E-state index contributed by atoms with van der Waals surface area (Å²) in [7, 11) is 0. The van der Waals surface area contributed by atoms with E-state index in [2.05, 4.69) is 190 Å². The van der Waals surface area contributed by atoms with Crippen LogP contribution in [0.5, 0.6) is 0 Å². The van der Waals surface area contributed by atoms with Crippen LogP contribution in [0.25, 0.3) is 88.8 Å². The Morgan fingerprint density at radius 3 is 1.51 bits per heavy atom. The molecule has 0 saturated heterocycles. The van der Waals surface area contributed by atoms with Gasteiger partial charge < -0.3 is 0 Å². The molecule has 2 nitrogen and oxygen atoms in total. The second-order valence-electron chi connectivity index (χ2n) is 14.6. The first kappa shape index (κ1) is 31.1. The zero-order valence-corrected chi connectivity index (χ0v) is 29.7. The van der Waals surface area contributed by atoms with Crippen molar-refractivity contribution in [1.29, 1.82) is 0 Å². The van der Waals surface area contributed by atoms with Crippen LogP contribution in [0, 0.1) is 0 Å². The molecule has 0 saturated carbocycles. The normalized spacial score (nSPS) is 12.9. The summed E-state index contributed by atoms with van der Waals surface area (Å²) in [5.41, 5.74) is 15.1. The molecular formula is C51H36N2. The lowest BCUT2D eigenvalue weighted by Crippen LogP contribution is -2.15. The minimum Gasteiger partial charge on any atom is -0.228 e. The molecule has 1 aliphatic carbocycles. The average molecular weight is 677 g/mol. The van der Waals surface area contributed by atoms with E-state index in [-0.39, 0.29) is 5.41 Å². The molecule has 1 aliphatic rings. The summed E-state index contributed by atoms with van der Waals surface area (Å²) in [5, 5.41) is 4.90. The third-order valence-electron chi connectivity index (χ3n) is 11.1. The van der Waals surface area contributed by atoms with E-state index in [9.17, 15) is 0 Å². The lowest BCUT2D eigenvalue weighted by Gasteiger charge is -2.22. The average Bonchev–Trinajstić information content (AvgIpc) is 3.44. The molecule has 0 fully saturated rings. The van der Waals surface area contributed by atoms with E-state index in [0.717, 1.165) is 33.5 Å². The van der Waals surface area contributed by atoms with Gasteiger partial charge in [-0.05, 0) is 96.4 Å². The van der Waals surface area contributed by atoms with Crippen molar-refractivity contribution >= 4 is 21.5 Å². The predicted octanol–water partition coefficient (Wildman–Crippen LogP) is 13.4. The number of nitrogens with zero attached hydrogens (tertiary/aromatic N) is 2. The van der Waals surface area contributed by atoms with Crippen molar-refractivity contribution in [3.05, 3.63) is 193 Å². The van der Waals surface area contributed by atoms with Crippen LogP contribution in [0.1, 0.15) is 25.0 Å². The van der Waals surface area contributed by atoms with Crippen LogP contribution in [-0.2, 0) is 5.41 Å². The fourth-order valence-corrected chi connectivity index (χ4v) is 8.27. The van der Waals surface area contributed by atoms with Crippen LogP contribution in [-0.4, -0.2) is 9.97 Å². The summed E-state index contributed by atoms with van der Waals surface area (Å²) >= 11 is 0. The summed E-state index contributed by atoms with van der Waals surface area (Å²) < 4.78 is 0. The lowest BCUT2D eigenvalue weighted by molar-refractivity contribution is 0.661. The van der Waals surface area contributed by atoms with E-state index in [0.29, 0.717) is 5.82 Å². The highest BCUT2D eigenvalue weighted by Crippen LogP contribution is 2.51. The van der Waals surface area contributed by atoms with Crippen molar-refractivity contribution in [2.75, 3.05) is 0 Å². The summed E-state index contributed by atoms with van der Waals surface area (Å²) in [4.78, 5) is 10.5. The molecule has 0 amide bonds. The Kier molecular flexibility index (Phi) is 7.19. The van der Waals surface area contributed by atoms with Crippen molar-refractivity contribution in [2.24, 2.45) is 0 Å². The molecule has 0 unspecified atom stereocenters. The van der Waals surface area contributed by atoms with Gasteiger partial charge in [0.25, 0.3) is 0 Å². The Morgan fingerprint density at radius 2 is 0.811 bits per heavy atom. The quantitative estimate of drug-likeness (QED) is 0.181. The van der Waals surface area contributed by atoms with Gasteiger partial charge in [0.1, 0.15) is 0 Å². The first-order valence-corrected chi connectivity index (χ1v) is 18.3. The fourth-order valence-electron chi connectivity index (χ4n) is 8.27. The van der Waals surface area contributed by atoms with Crippen LogP contribution in [0.2, 0.25) is 0 Å². The van der Waals surface area contributed by atoms with Crippen LogP contribution >= 0.6 is 0 Å². The smallest absolute Gasteiger partial charge is 0.161 e. The molecular weight excluding hydrogens is 641 g/mol. The molecule has 250 valence electrons. The molecule has 1 heterocycles. The van der Waals surface area contributed by atoms with Gasteiger partial charge >= 0.3 is 0 Å². The number of benzene rings is 8. The van der Waals surface area contributed by atoms with Crippen LogP contribution < -0.4 is 0 Å². The molecule has 2 heteroatoms. The van der Waals surface area contributed by atoms with Crippen molar-refractivity contribution < 1.29 is 0 Å². The van der Waals surface area contributed by atoms with E-state index in [1.165, 1.54) is 60.7 Å². The third-order valence-corrected chi connectivity index (χ3v) is 11.1. The van der Waals surface area contributed by atoms with Gasteiger partial charge in [-0.15, -0.1) is 0 Å². The van der Waals surface area contributed by atoms with Gasteiger partial charge in [-0.1, -0.05) is 166 Å². The summed E-state index contributed by atoms with van der Waals surface area (Å²) in [5.74, 6) is 0.717. The van der Waals surface area contributed by atoms with Crippen molar-refractivity contribution in [3.8, 4) is 67.3 Å². The van der Waals surface area contributed by atoms with Crippen LogP contribution in [0.3, 0.4) is 0 Å². The molecule has 53 heavy (non-hydrogen) atoms. The summed E-state index contributed by atoms with van der Waals surface area (Å²) in [6, 6.07) is 65.4. The van der Waals surface area contributed by atoms with Gasteiger partial charge in [0, 0.05) is 22.1 Å². The second kappa shape index (κ2) is 12.3.